The van der Waals surface area contributed by atoms with Crippen LogP contribution in [-0.4, -0.2) is 12.6 Å². The largest absolute Gasteiger partial charge is 0.456 e. The minimum absolute atomic E-state index is 0.354. The van der Waals surface area contributed by atoms with Crippen LogP contribution in [-0.2, 0) is 9.53 Å². The molecule has 0 aliphatic carbocycles. The summed E-state index contributed by atoms with van der Waals surface area (Å²) in [6.07, 6.45) is 2.09. The molecule has 2 heteroatoms. The molecule has 0 atom stereocenters. The molecule has 1 aromatic carbocycles. The van der Waals surface area contributed by atoms with E-state index in [1.54, 1.807) is 6.92 Å². The third-order valence-corrected chi connectivity index (χ3v) is 1.95. The van der Waals surface area contributed by atoms with Crippen molar-refractivity contribution in [3.63, 3.8) is 0 Å². The standard InChI is InChI=1S/C15H16O2/c1-4-17-15(16)10-9-13-5-7-14(8-6-13)11-12(2)3/h5-8,11H,4H2,1-3H3. The van der Waals surface area contributed by atoms with Gasteiger partial charge in [-0.3, -0.25) is 0 Å². The van der Waals surface area contributed by atoms with Crippen LogP contribution in [0.15, 0.2) is 29.8 Å². The summed E-state index contributed by atoms with van der Waals surface area (Å²) in [5, 5.41) is 0. The molecule has 17 heavy (non-hydrogen) atoms. The van der Waals surface area contributed by atoms with Crippen molar-refractivity contribution in [2.45, 2.75) is 20.8 Å². The molecule has 0 aliphatic rings. The maximum Gasteiger partial charge on any atom is 0.384 e. The van der Waals surface area contributed by atoms with Gasteiger partial charge in [0.1, 0.15) is 0 Å². The quantitative estimate of drug-likeness (QED) is 0.574. The Balaban J connectivity index is 2.75. The Kier molecular flexibility index (Phi) is 5.03. The molecule has 0 unspecified atom stereocenters. The molecule has 0 aromatic heterocycles. The molecular formula is C15H16O2. The van der Waals surface area contributed by atoms with E-state index >= 15 is 0 Å². The zero-order valence-electron chi connectivity index (χ0n) is 10.4. The summed E-state index contributed by atoms with van der Waals surface area (Å²) in [6.45, 7) is 6.21. The molecule has 2 nitrogen and oxygen atoms in total. The zero-order valence-corrected chi connectivity index (χ0v) is 10.4. The summed E-state index contributed by atoms with van der Waals surface area (Å²) in [7, 11) is 0. The second-order valence-corrected chi connectivity index (χ2v) is 3.81. The Bertz CT molecular complexity index is 466. The molecule has 0 bridgehead atoms. The van der Waals surface area contributed by atoms with E-state index in [9.17, 15) is 4.79 Å². The lowest BCUT2D eigenvalue weighted by Crippen LogP contribution is -1.99. The number of allylic oxidation sites excluding steroid dienone is 1. The van der Waals surface area contributed by atoms with Crippen molar-refractivity contribution >= 4 is 12.0 Å². The van der Waals surface area contributed by atoms with Crippen LogP contribution < -0.4 is 0 Å². The summed E-state index contributed by atoms with van der Waals surface area (Å²) >= 11 is 0. The van der Waals surface area contributed by atoms with Crippen LogP contribution in [0.3, 0.4) is 0 Å². The van der Waals surface area contributed by atoms with E-state index in [-0.39, 0.29) is 0 Å². The van der Waals surface area contributed by atoms with Crippen molar-refractivity contribution < 1.29 is 9.53 Å². The van der Waals surface area contributed by atoms with Crippen molar-refractivity contribution in [3.05, 3.63) is 41.0 Å². The van der Waals surface area contributed by atoms with Gasteiger partial charge in [-0.2, -0.15) is 0 Å². The lowest BCUT2D eigenvalue weighted by molar-refractivity contribution is -0.136. The van der Waals surface area contributed by atoms with Crippen LogP contribution in [0.5, 0.6) is 0 Å². The molecule has 0 amide bonds. The van der Waals surface area contributed by atoms with Gasteiger partial charge in [-0.25, -0.2) is 4.79 Å². The second kappa shape index (κ2) is 6.55. The first kappa shape index (κ1) is 13.1. The number of carbonyl (C=O) groups is 1. The summed E-state index contributed by atoms with van der Waals surface area (Å²) in [5.41, 5.74) is 3.19. The van der Waals surface area contributed by atoms with Crippen LogP contribution in [0.2, 0.25) is 0 Å². The fourth-order valence-corrected chi connectivity index (χ4v) is 1.29. The summed E-state index contributed by atoms with van der Waals surface area (Å²) in [5.74, 6) is 4.71. The van der Waals surface area contributed by atoms with Gasteiger partial charge >= 0.3 is 5.97 Å². The number of esters is 1. The Morgan fingerprint density at radius 3 is 2.47 bits per heavy atom. The van der Waals surface area contributed by atoms with Crippen molar-refractivity contribution in [1.29, 1.82) is 0 Å². The lowest BCUT2D eigenvalue weighted by Gasteiger charge is -1.95. The maximum atomic E-state index is 11.0. The van der Waals surface area contributed by atoms with Gasteiger partial charge in [0.2, 0.25) is 0 Å². The molecule has 0 heterocycles. The van der Waals surface area contributed by atoms with Crippen LogP contribution >= 0.6 is 0 Å². The summed E-state index contributed by atoms with van der Waals surface area (Å²) in [4.78, 5) is 11.0. The fourth-order valence-electron chi connectivity index (χ4n) is 1.29. The molecule has 0 saturated heterocycles. The molecule has 0 saturated carbocycles. The Morgan fingerprint density at radius 1 is 1.29 bits per heavy atom. The first-order valence-electron chi connectivity index (χ1n) is 5.55. The van der Waals surface area contributed by atoms with Gasteiger partial charge in [0.15, 0.2) is 0 Å². The predicted molar refractivity (Wildman–Crippen MR) is 69.3 cm³/mol. The number of hydrogen-bond acceptors (Lipinski definition) is 2. The predicted octanol–water partition coefficient (Wildman–Crippen LogP) is 3.02. The Hall–Kier alpha value is -2.01. The van der Waals surface area contributed by atoms with E-state index in [0.717, 1.165) is 11.1 Å². The molecule has 0 fully saturated rings. The van der Waals surface area contributed by atoms with E-state index in [0.29, 0.717) is 6.61 Å². The van der Waals surface area contributed by atoms with Crippen LogP contribution in [0.1, 0.15) is 31.9 Å². The van der Waals surface area contributed by atoms with E-state index < -0.39 is 5.97 Å². The third-order valence-electron chi connectivity index (χ3n) is 1.95. The second-order valence-electron chi connectivity index (χ2n) is 3.81. The number of ether oxygens (including phenoxy) is 1. The first-order valence-corrected chi connectivity index (χ1v) is 5.55. The molecular weight excluding hydrogens is 212 g/mol. The highest BCUT2D eigenvalue weighted by Gasteiger charge is 1.93. The van der Waals surface area contributed by atoms with E-state index in [1.807, 2.05) is 24.3 Å². The number of hydrogen-bond donors (Lipinski definition) is 0. The molecule has 1 rings (SSSR count). The van der Waals surface area contributed by atoms with Gasteiger partial charge in [0, 0.05) is 11.5 Å². The Labute approximate surface area is 102 Å². The van der Waals surface area contributed by atoms with Crippen LogP contribution in [0.25, 0.3) is 6.08 Å². The topological polar surface area (TPSA) is 26.3 Å². The van der Waals surface area contributed by atoms with Gasteiger partial charge in [-0.05, 0) is 38.5 Å². The molecule has 88 valence electrons. The molecule has 0 N–H and O–H groups in total. The van der Waals surface area contributed by atoms with Gasteiger partial charge in [-0.1, -0.05) is 29.7 Å². The van der Waals surface area contributed by atoms with E-state index in [1.165, 1.54) is 5.57 Å². The van der Waals surface area contributed by atoms with E-state index in [2.05, 4.69) is 31.8 Å². The van der Waals surface area contributed by atoms with Gasteiger partial charge in [0.25, 0.3) is 0 Å². The smallest absolute Gasteiger partial charge is 0.384 e. The highest BCUT2D eigenvalue weighted by Crippen LogP contribution is 2.07. The van der Waals surface area contributed by atoms with Crippen LogP contribution in [0, 0.1) is 11.8 Å². The first-order chi connectivity index (χ1) is 8.11. The zero-order chi connectivity index (χ0) is 12.7. The van der Waals surface area contributed by atoms with Crippen molar-refractivity contribution in [3.8, 4) is 11.8 Å². The molecule has 1 aromatic rings. The van der Waals surface area contributed by atoms with Gasteiger partial charge < -0.3 is 4.74 Å². The number of benzene rings is 1. The highest BCUT2D eigenvalue weighted by atomic mass is 16.5. The number of carbonyl (C=O) groups excluding carboxylic acids is 1. The Morgan fingerprint density at radius 2 is 1.94 bits per heavy atom. The summed E-state index contributed by atoms with van der Waals surface area (Å²) in [6, 6.07) is 7.73. The van der Waals surface area contributed by atoms with Crippen molar-refractivity contribution in [1.82, 2.24) is 0 Å². The third kappa shape index (κ3) is 5.03. The average Bonchev–Trinajstić information content (AvgIpc) is 2.28. The SMILES string of the molecule is CCOC(=O)C#Cc1ccc(C=C(C)C)cc1. The average molecular weight is 228 g/mol. The molecule has 0 aliphatic heterocycles. The van der Waals surface area contributed by atoms with Crippen molar-refractivity contribution in [2.75, 3.05) is 6.61 Å². The summed E-state index contributed by atoms with van der Waals surface area (Å²) < 4.78 is 4.72. The normalized spacial score (nSPS) is 8.88. The minimum atomic E-state index is -0.485. The van der Waals surface area contributed by atoms with Crippen LogP contribution in [0.4, 0.5) is 0 Å². The van der Waals surface area contributed by atoms with Crippen molar-refractivity contribution in [2.24, 2.45) is 0 Å². The van der Waals surface area contributed by atoms with Gasteiger partial charge in [0.05, 0.1) is 6.61 Å². The van der Waals surface area contributed by atoms with E-state index in [4.69, 9.17) is 4.74 Å². The highest BCUT2D eigenvalue weighted by molar-refractivity contribution is 5.89. The molecule has 0 spiro atoms. The monoisotopic (exact) mass is 228 g/mol. The maximum absolute atomic E-state index is 11.0. The fraction of sp³-hybridized carbons (Fsp3) is 0.267. The molecule has 0 radical (unpaired) electrons. The lowest BCUT2D eigenvalue weighted by atomic mass is 10.1. The van der Waals surface area contributed by atoms with Gasteiger partial charge in [-0.15, -0.1) is 0 Å². The minimum Gasteiger partial charge on any atom is -0.456 e. The number of rotatable bonds is 2.